The van der Waals surface area contributed by atoms with Gasteiger partial charge in [0.15, 0.2) is 0 Å². The van der Waals surface area contributed by atoms with Crippen LogP contribution < -0.4 is 5.32 Å². The van der Waals surface area contributed by atoms with E-state index in [1.165, 1.54) is 12.0 Å². The van der Waals surface area contributed by atoms with Gasteiger partial charge in [-0.3, -0.25) is 0 Å². The highest BCUT2D eigenvalue weighted by molar-refractivity contribution is 5.85. The molecule has 0 aliphatic carbocycles. The van der Waals surface area contributed by atoms with Crippen molar-refractivity contribution in [2.45, 2.75) is 13.0 Å². The van der Waals surface area contributed by atoms with Gasteiger partial charge >= 0.3 is 0 Å². The molecule has 0 unspecified atom stereocenters. The van der Waals surface area contributed by atoms with Crippen LogP contribution in [-0.2, 0) is 6.54 Å². The van der Waals surface area contributed by atoms with Gasteiger partial charge in [0.1, 0.15) is 0 Å². The number of benzene rings is 1. The zero-order chi connectivity index (χ0) is 10.2. The minimum absolute atomic E-state index is 0. The van der Waals surface area contributed by atoms with Crippen LogP contribution in [0.25, 0.3) is 0 Å². The van der Waals surface area contributed by atoms with Crippen LogP contribution in [0.1, 0.15) is 12.0 Å². The lowest BCUT2D eigenvalue weighted by Crippen LogP contribution is -2.20. The lowest BCUT2D eigenvalue weighted by atomic mass is 10.2. The van der Waals surface area contributed by atoms with E-state index in [9.17, 15) is 0 Å². The maximum atomic E-state index is 3.43. The molecule has 1 rings (SSSR count). The van der Waals surface area contributed by atoms with Gasteiger partial charge in [-0.2, -0.15) is 0 Å². The van der Waals surface area contributed by atoms with Gasteiger partial charge in [-0.1, -0.05) is 30.3 Å². The molecule has 1 N–H and O–H groups in total. The second kappa shape index (κ2) is 11.2. The molecule has 0 saturated carbocycles. The summed E-state index contributed by atoms with van der Waals surface area (Å²) in [5, 5.41) is 3.43. The fraction of sp³-hybridized carbons (Fsp3) is 0.500. The first-order chi connectivity index (χ1) is 6.79. The van der Waals surface area contributed by atoms with Gasteiger partial charge in [-0.25, -0.2) is 0 Å². The summed E-state index contributed by atoms with van der Waals surface area (Å²) in [5.74, 6) is 0. The first kappa shape index (κ1) is 18.1. The molecule has 0 radical (unpaired) electrons. The van der Waals surface area contributed by atoms with Gasteiger partial charge in [0.25, 0.3) is 0 Å². The largest absolute Gasteiger partial charge is 0.313 e. The lowest BCUT2D eigenvalue weighted by molar-refractivity contribution is 0.394. The van der Waals surface area contributed by atoms with Gasteiger partial charge in [-0.15, -0.1) is 24.8 Å². The molecule has 0 aromatic heterocycles. The lowest BCUT2D eigenvalue weighted by Gasteiger charge is -2.09. The van der Waals surface area contributed by atoms with Crippen LogP contribution in [-0.4, -0.2) is 32.1 Å². The Balaban J connectivity index is 0. The van der Waals surface area contributed by atoms with E-state index >= 15 is 0 Å². The molecule has 1 aromatic carbocycles. The average molecular weight is 265 g/mol. The molecule has 16 heavy (non-hydrogen) atoms. The predicted molar refractivity (Wildman–Crippen MR) is 75.8 cm³/mol. The van der Waals surface area contributed by atoms with E-state index in [1.807, 2.05) is 0 Å². The summed E-state index contributed by atoms with van der Waals surface area (Å²) in [6.07, 6.45) is 1.21. The van der Waals surface area contributed by atoms with Crippen LogP contribution in [0.4, 0.5) is 0 Å². The highest BCUT2D eigenvalue weighted by atomic mass is 35.5. The number of halogens is 2. The van der Waals surface area contributed by atoms with Crippen LogP contribution >= 0.6 is 24.8 Å². The van der Waals surface area contributed by atoms with E-state index in [1.54, 1.807) is 0 Å². The van der Waals surface area contributed by atoms with Crippen molar-refractivity contribution >= 4 is 24.8 Å². The molecule has 2 nitrogen and oxygen atoms in total. The van der Waals surface area contributed by atoms with Crippen molar-refractivity contribution in [1.29, 1.82) is 0 Å². The van der Waals surface area contributed by atoms with E-state index in [-0.39, 0.29) is 24.8 Å². The molecule has 0 aliphatic rings. The third-order valence-electron chi connectivity index (χ3n) is 2.13. The Morgan fingerprint density at radius 2 is 1.69 bits per heavy atom. The fourth-order valence-corrected chi connectivity index (χ4v) is 1.35. The molecule has 0 bridgehead atoms. The second-order valence-electron chi connectivity index (χ2n) is 3.82. The molecular formula is C12H22Cl2N2. The Bertz CT molecular complexity index is 240. The molecule has 94 valence electrons. The van der Waals surface area contributed by atoms with Crippen molar-refractivity contribution in [1.82, 2.24) is 10.2 Å². The molecule has 0 fully saturated rings. The summed E-state index contributed by atoms with van der Waals surface area (Å²) in [7, 11) is 4.22. The van der Waals surface area contributed by atoms with Crippen molar-refractivity contribution < 1.29 is 0 Å². The van der Waals surface area contributed by atoms with Crippen molar-refractivity contribution in [2.24, 2.45) is 0 Å². The minimum atomic E-state index is 0. The van der Waals surface area contributed by atoms with E-state index in [2.05, 4.69) is 54.6 Å². The summed E-state index contributed by atoms with van der Waals surface area (Å²) in [6.45, 7) is 3.23. The molecule has 0 aliphatic heterocycles. The summed E-state index contributed by atoms with van der Waals surface area (Å²) >= 11 is 0. The highest BCUT2D eigenvalue weighted by Gasteiger charge is 1.92. The standard InChI is InChI=1S/C12H20N2.2ClH/c1-14(2)10-6-9-13-11-12-7-4-3-5-8-12;;/h3-5,7-8,13H,6,9-11H2,1-2H3;2*1H. The maximum Gasteiger partial charge on any atom is 0.0205 e. The number of rotatable bonds is 6. The SMILES string of the molecule is CN(C)CCCNCc1ccccc1.Cl.Cl. The Labute approximate surface area is 111 Å². The smallest absolute Gasteiger partial charge is 0.0205 e. The molecule has 0 atom stereocenters. The second-order valence-corrected chi connectivity index (χ2v) is 3.82. The molecular weight excluding hydrogens is 243 g/mol. The molecule has 0 spiro atoms. The minimum Gasteiger partial charge on any atom is -0.313 e. The normalized spacial score (nSPS) is 9.44. The highest BCUT2D eigenvalue weighted by Crippen LogP contribution is 1.96. The Hall–Kier alpha value is -0.280. The van der Waals surface area contributed by atoms with Gasteiger partial charge in [0.2, 0.25) is 0 Å². The molecule has 0 saturated heterocycles. The van der Waals surface area contributed by atoms with Crippen LogP contribution in [0.5, 0.6) is 0 Å². The quantitative estimate of drug-likeness (QED) is 0.795. The first-order valence-electron chi connectivity index (χ1n) is 5.18. The van der Waals surface area contributed by atoms with E-state index in [0.717, 1.165) is 19.6 Å². The third kappa shape index (κ3) is 8.98. The van der Waals surface area contributed by atoms with Gasteiger partial charge in [-0.05, 0) is 39.2 Å². The van der Waals surface area contributed by atoms with Crippen LogP contribution in [0.15, 0.2) is 30.3 Å². The maximum absolute atomic E-state index is 3.43. The summed E-state index contributed by atoms with van der Waals surface area (Å²) < 4.78 is 0. The summed E-state index contributed by atoms with van der Waals surface area (Å²) in [6, 6.07) is 10.5. The zero-order valence-corrected chi connectivity index (χ0v) is 11.6. The van der Waals surface area contributed by atoms with Crippen molar-refractivity contribution in [3.8, 4) is 0 Å². The van der Waals surface area contributed by atoms with Crippen molar-refractivity contribution in [2.75, 3.05) is 27.2 Å². The number of hydrogen-bond donors (Lipinski definition) is 1. The van der Waals surface area contributed by atoms with Crippen LogP contribution in [0, 0.1) is 0 Å². The third-order valence-corrected chi connectivity index (χ3v) is 2.13. The number of nitrogens with zero attached hydrogens (tertiary/aromatic N) is 1. The topological polar surface area (TPSA) is 15.3 Å². The zero-order valence-electron chi connectivity index (χ0n) is 9.98. The number of nitrogens with one attached hydrogen (secondary N) is 1. The summed E-state index contributed by atoms with van der Waals surface area (Å²) in [4.78, 5) is 2.21. The van der Waals surface area contributed by atoms with Crippen LogP contribution in [0.3, 0.4) is 0 Å². The number of hydrogen-bond acceptors (Lipinski definition) is 2. The average Bonchev–Trinajstić information content (AvgIpc) is 2.18. The van der Waals surface area contributed by atoms with Crippen molar-refractivity contribution in [3.05, 3.63) is 35.9 Å². The molecule has 0 heterocycles. The van der Waals surface area contributed by atoms with Gasteiger partial charge in [0.05, 0.1) is 0 Å². The van der Waals surface area contributed by atoms with E-state index in [0.29, 0.717) is 0 Å². The Morgan fingerprint density at radius 1 is 1.06 bits per heavy atom. The molecule has 4 heteroatoms. The predicted octanol–water partition coefficient (Wildman–Crippen LogP) is 2.57. The molecule has 1 aromatic rings. The summed E-state index contributed by atoms with van der Waals surface area (Å²) in [5.41, 5.74) is 1.36. The fourth-order valence-electron chi connectivity index (χ4n) is 1.35. The van der Waals surface area contributed by atoms with Crippen molar-refractivity contribution in [3.63, 3.8) is 0 Å². The van der Waals surface area contributed by atoms with E-state index < -0.39 is 0 Å². The van der Waals surface area contributed by atoms with Gasteiger partial charge in [0, 0.05) is 6.54 Å². The van der Waals surface area contributed by atoms with Crippen LogP contribution in [0.2, 0.25) is 0 Å². The van der Waals surface area contributed by atoms with E-state index in [4.69, 9.17) is 0 Å². The Kier molecular flexibility index (Phi) is 12.7. The molecule has 0 amide bonds. The Morgan fingerprint density at radius 3 is 2.25 bits per heavy atom. The van der Waals surface area contributed by atoms with Gasteiger partial charge < -0.3 is 10.2 Å². The monoisotopic (exact) mass is 264 g/mol. The first-order valence-corrected chi connectivity index (χ1v) is 5.18.